The predicted octanol–water partition coefficient (Wildman–Crippen LogP) is 4.19. The number of nitrogens with zero attached hydrogens (tertiary/aromatic N) is 3. The van der Waals surface area contributed by atoms with E-state index in [0.29, 0.717) is 0 Å². The number of rotatable bonds is 6. The number of hydrogen-bond acceptors (Lipinski definition) is 6. The molecule has 0 fully saturated rings. The van der Waals surface area contributed by atoms with Gasteiger partial charge in [0.25, 0.3) is 5.91 Å². The summed E-state index contributed by atoms with van der Waals surface area (Å²) in [5.41, 5.74) is 5.19. The van der Waals surface area contributed by atoms with Gasteiger partial charge in [0.2, 0.25) is 0 Å². The topological polar surface area (TPSA) is 71.3 Å². The van der Waals surface area contributed by atoms with Crippen LogP contribution in [-0.2, 0) is 19.5 Å². The van der Waals surface area contributed by atoms with Crippen LogP contribution in [0.5, 0.6) is 0 Å². The van der Waals surface area contributed by atoms with E-state index in [1.807, 2.05) is 37.6 Å². The van der Waals surface area contributed by atoms with Crippen molar-refractivity contribution in [1.29, 1.82) is 0 Å². The van der Waals surface area contributed by atoms with E-state index < -0.39 is 0 Å². The molecule has 1 atom stereocenters. The van der Waals surface area contributed by atoms with Crippen LogP contribution in [-0.4, -0.2) is 27.5 Å². The third-order valence-corrected chi connectivity index (χ3v) is 6.65. The first-order chi connectivity index (χ1) is 14.1. The average Bonchev–Trinajstić information content (AvgIpc) is 3.30. The highest BCUT2D eigenvalue weighted by Crippen LogP contribution is 2.30. The molecule has 0 unspecified atom stereocenters. The highest BCUT2D eigenvalue weighted by Gasteiger charge is 2.26. The Hall–Kier alpha value is -2.51. The molecular weight excluding hydrogens is 384 g/mol. The Kier molecular flexibility index (Phi) is 5.78. The molecule has 1 aliphatic heterocycles. The number of amides is 1. The molecule has 4 rings (SSSR count). The lowest BCUT2D eigenvalue weighted by atomic mass is 10.0. The van der Waals surface area contributed by atoms with E-state index in [9.17, 15) is 4.79 Å². The van der Waals surface area contributed by atoms with Crippen LogP contribution < -0.4 is 5.32 Å². The lowest BCUT2D eigenvalue weighted by Crippen LogP contribution is -2.32. The fraction of sp³-hybridized carbons (Fsp3) is 0.409. The van der Waals surface area contributed by atoms with Crippen molar-refractivity contribution in [3.05, 3.63) is 68.5 Å². The number of nitrogens with one attached hydrogen (secondary N) is 1. The monoisotopic (exact) mass is 410 g/mol. The third kappa shape index (κ3) is 4.11. The van der Waals surface area contributed by atoms with Crippen molar-refractivity contribution in [1.82, 2.24) is 20.4 Å². The van der Waals surface area contributed by atoms with Crippen molar-refractivity contribution < 1.29 is 9.32 Å². The van der Waals surface area contributed by atoms with Gasteiger partial charge in [0.15, 0.2) is 0 Å². The highest BCUT2D eigenvalue weighted by molar-refractivity contribution is 7.10. The van der Waals surface area contributed by atoms with Gasteiger partial charge in [-0.05, 0) is 43.9 Å². The Balaban J connectivity index is 1.45. The Morgan fingerprint density at radius 1 is 1.41 bits per heavy atom. The Bertz CT molecular complexity index is 976. The molecule has 6 nitrogen and oxygen atoms in total. The van der Waals surface area contributed by atoms with Crippen LogP contribution in [0.2, 0.25) is 0 Å². The normalized spacial score (nSPS) is 15.1. The molecule has 152 valence electrons. The fourth-order valence-electron chi connectivity index (χ4n) is 3.90. The maximum Gasteiger partial charge on any atom is 0.252 e. The van der Waals surface area contributed by atoms with Gasteiger partial charge in [-0.1, -0.05) is 18.1 Å². The third-order valence-electron chi connectivity index (χ3n) is 5.63. The van der Waals surface area contributed by atoms with Crippen molar-refractivity contribution in [3.63, 3.8) is 0 Å². The molecule has 0 aromatic carbocycles. The maximum absolute atomic E-state index is 13.0. The lowest BCUT2D eigenvalue weighted by Gasteiger charge is -2.27. The number of aromatic nitrogens is 2. The van der Waals surface area contributed by atoms with Crippen LogP contribution in [0.3, 0.4) is 0 Å². The summed E-state index contributed by atoms with van der Waals surface area (Å²) in [7, 11) is 0. The smallest absolute Gasteiger partial charge is 0.252 e. The second-order valence-corrected chi connectivity index (χ2v) is 8.50. The van der Waals surface area contributed by atoms with Crippen LogP contribution in [0.1, 0.15) is 62.8 Å². The van der Waals surface area contributed by atoms with Crippen molar-refractivity contribution in [3.8, 4) is 0 Å². The van der Waals surface area contributed by atoms with Gasteiger partial charge in [-0.2, -0.15) is 0 Å². The van der Waals surface area contributed by atoms with Crippen molar-refractivity contribution in [2.75, 3.05) is 6.54 Å². The Labute approximate surface area is 174 Å². The summed E-state index contributed by atoms with van der Waals surface area (Å²) in [6.45, 7) is 8.64. The van der Waals surface area contributed by atoms with Gasteiger partial charge in [0, 0.05) is 47.8 Å². The maximum atomic E-state index is 13.0. The number of hydrogen-bond donors (Lipinski definition) is 1. The summed E-state index contributed by atoms with van der Waals surface area (Å²) in [6.07, 6.45) is 5.29. The van der Waals surface area contributed by atoms with Crippen LogP contribution in [0.15, 0.2) is 34.4 Å². The number of thiophene rings is 1. The van der Waals surface area contributed by atoms with Gasteiger partial charge in [-0.25, -0.2) is 0 Å². The molecule has 29 heavy (non-hydrogen) atoms. The summed E-state index contributed by atoms with van der Waals surface area (Å²) in [5, 5.41) is 9.26. The molecular formula is C22H26N4O2S. The molecule has 0 radical (unpaired) electrons. The van der Waals surface area contributed by atoms with E-state index in [2.05, 4.69) is 27.3 Å². The van der Waals surface area contributed by atoms with Crippen molar-refractivity contribution in [2.24, 2.45) is 0 Å². The predicted molar refractivity (Wildman–Crippen MR) is 113 cm³/mol. The van der Waals surface area contributed by atoms with E-state index in [0.717, 1.165) is 55.1 Å². The van der Waals surface area contributed by atoms with Gasteiger partial charge < -0.3 is 9.84 Å². The van der Waals surface area contributed by atoms with Crippen LogP contribution in [0.25, 0.3) is 0 Å². The largest absolute Gasteiger partial charge is 0.361 e. The first kappa shape index (κ1) is 19.8. The van der Waals surface area contributed by atoms with Crippen LogP contribution in [0, 0.1) is 13.8 Å². The van der Waals surface area contributed by atoms with E-state index in [1.54, 1.807) is 17.5 Å². The van der Waals surface area contributed by atoms with Crippen LogP contribution >= 0.6 is 11.3 Å². The molecule has 1 amide bonds. The van der Waals surface area contributed by atoms with E-state index >= 15 is 0 Å². The fourth-order valence-corrected chi connectivity index (χ4v) is 5.02. The number of fused-ring (bicyclic) bond motifs is 1. The van der Waals surface area contributed by atoms with Gasteiger partial charge in [-0.3, -0.25) is 14.7 Å². The van der Waals surface area contributed by atoms with Crippen molar-refractivity contribution >= 4 is 17.2 Å². The summed E-state index contributed by atoms with van der Waals surface area (Å²) in [4.78, 5) is 20.8. The van der Waals surface area contributed by atoms with Crippen molar-refractivity contribution in [2.45, 2.75) is 52.7 Å². The summed E-state index contributed by atoms with van der Waals surface area (Å²) < 4.78 is 5.29. The molecule has 0 aliphatic carbocycles. The summed E-state index contributed by atoms with van der Waals surface area (Å²) in [6, 6.07) is 3.90. The zero-order valence-corrected chi connectivity index (χ0v) is 17.9. The molecule has 1 aliphatic rings. The highest BCUT2D eigenvalue weighted by atomic mass is 32.1. The second-order valence-electron chi connectivity index (χ2n) is 7.54. The first-order valence-corrected chi connectivity index (χ1v) is 10.9. The molecule has 3 aromatic rings. The quantitative estimate of drug-likeness (QED) is 0.660. The van der Waals surface area contributed by atoms with Gasteiger partial charge in [-0.15, -0.1) is 11.3 Å². The summed E-state index contributed by atoms with van der Waals surface area (Å²) in [5.74, 6) is 0.901. The van der Waals surface area contributed by atoms with Gasteiger partial charge in [0.05, 0.1) is 17.3 Å². The summed E-state index contributed by atoms with van der Waals surface area (Å²) >= 11 is 1.68. The first-order valence-electron chi connectivity index (χ1n) is 10.0. The number of pyridine rings is 1. The van der Waals surface area contributed by atoms with E-state index in [-0.39, 0.29) is 11.9 Å². The second kappa shape index (κ2) is 8.47. The lowest BCUT2D eigenvalue weighted by molar-refractivity contribution is 0.0934. The molecule has 4 heterocycles. The molecule has 0 bridgehead atoms. The van der Waals surface area contributed by atoms with E-state index in [4.69, 9.17) is 4.52 Å². The van der Waals surface area contributed by atoms with E-state index in [1.165, 1.54) is 16.0 Å². The minimum atomic E-state index is -0.0219. The molecule has 0 spiro atoms. The molecule has 3 aromatic heterocycles. The standard InChI is InChI=1S/C22H26N4O2S/c1-4-20(16-6-5-8-23-10-16)24-22(27)19-13-29-21-12-26(9-7-17(19)21)11-18-14(2)25-28-15(18)3/h5-6,8,10,13,20H,4,7,9,11-12H2,1-3H3,(H,24,27)/t20-/m0/s1. The minimum absolute atomic E-state index is 0.0115. The average molecular weight is 411 g/mol. The van der Waals surface area contributed by atoms with Gasteiger partial charge in [0.1, 0.15) is 5.76 Å². The van der Waals surface area contributed by atoms with Crippen LogP contribution in [0.4, 0.5) is 0 Å². The Morgan fingerprint density at radius 2 is 2.28 bits per heavy atom. The van der Waals surface area contributed by atoms with Gasteiger partial charge >= 0.3 is 0 Å². The molecule has 0 saturated heterocycles. The minimum Gasteiger partial charge on any atom is -0.361 e. The zero-order valence-electron chi connectivity index (χ0n) is 17.1. The number of aryl methyl sites for hydroxylation is 2. The zero-order chi connectivity index (χ0) is 20.4. The SMILES string of the molecule is CC[C@H](NC(=O)c1csc2c1CCN(Cc1c(C)noc1C)C2)c1cccnc1. The molecule has 0 saturated carbocycles. The molecule has 7 heteroatoms. The molecule has 1 N–H and O–H groups in total. The number of carbonyl (C=O) groups is 1. The Morgan fingerprint density at radius 3 is 2.97 bits per heavy atom. The number of carbonyl (C=O) groups excluding carboxylic acids is 1.